The van der Waals surface area contributed by atoms with Crippen LogP contribution in [0.4, 0.5) is 16.3 Å². The number of methoxy groups -OCH3 is 1. The van der Waals surface area contributed by atoms with Gasteiger partial charge < -0.3 is 29.9 Å². The summed E-state index contributed by atoms with van der Waals surface area (Å²) in [6.07, 6.45) is 6.25. The first-order chi connectivity index (χ1) is 19.6. The molecular formula is C30H37N7O3. The second kappa shape index (κ2) is 12.8. The molecule has 3 heterocycles. The molecule has 2 aliphatic heterocycles. The average molecular weight is 544 g/mol. The molecule has 2 fully saturated rings. The van der Waals surface area contributed by atoms with Gasteiger partial charge in [0, 0.05) is 49.4 Å². The average Bonchev–Trinajstić information content (AvgIpc) is 2.99. The van der Waals surface area contributed by atoms with E-state index in [0.29, 0.717) is 67.5 Å². The van der Waals surface area contributed by atoms with E-state index in [4.69, 9.17) is 14.7 Å². The van der Waals surface area contributed by atoms with E-state index < -0.39 is 0 Å². The molecule has 2 amide bonds. The third-order valence-electron chi connectivity index (χ3n) is 7.93. The number of carbonyl (C=O) groups excluding carboxylic acids is 1. The molecule has 0 aliphatic carbocycles. The van der Waals surface area contributed by atoms with E-state index in [1.165, 1.54) is 12.8 Å². The molecule has 2 unspecified atom stereocenters. The fourth-order valence-corrected chi connectivity index (χ4v) is 5.56. The molecule has 2 atom stereocenters. The summed E-state index contributed by atoms with van der Waals surface area (Å²) in [6, 6.07) is 13.2. The van der Waals surface area contributed by atoms with E-state index in [-0.39, 0.29) is 6.03 Å². The van der Waals surface area contributed by atoms with E-state index in [1.807, 2.05) is 12.1 Å². The van der Waals surface area contributed by atoms with Crippen molar-refractivity contribution in [2.75, 3.05) is 56.7 Å². The molecule has 0 saturated carbocycles. The Morgan fingerprint density at radius 3 is 2.67 bits per heavy atom. The maximum Gasteiger partial charge on any atom is 0.321 e. The van der Waals surface area contributed by atoms with E-state index in [2.05, 4.69) is 38.5 Å². The Bertz CT molecular complexity index is 1350. The summed E-state index contributed by atoms with van der Waals surface area (Å²) in [5, 5.41) is 16.3. The highest BCUT2D eigenvalue weighted by Gasteiger charge is 2.24. The lowest BCUT2D eigenvalue weighted by Gasteiger charge is -2.35. The molecule has 1 aromatic heterocycles. The lowest BCUT2D eigenvalue weighted by molar-refractivity contribution is 0.208. The normalized spacial score (nSPS) is 19.2. The predicted molar refractivity (Wildman–Crippen MR) is 155 cm³/mol. The van der Waals surface area contributed by atoms with Crippen LogP contribution in [0.3, 0.4) is 0 Å². The zero-order valence-corrected chi connectivity index (χ0v) is 23.2. The monoisotopic (exact) mass is 543 g/mol. The summed E-state index contributed by atoms with van der Waals surface area (Å²) >= 11 is 0. The van der Waals surface area contributed by atoms with Crippen LogP contribution < -0.4 is 25.0 Å². The zero-order chi connectivity index (χ0) is 27.9. The third kappa shape index (κ3) is 6.37. The summed E-state index contributed by atoms with van der Waals surface area (Å²) in [7, 11) is 1.65. The quantitative estimate of drug-likeness (QED) is 0.402. The number of nitrogens with one attached hydrogen (secondary N) is 2. The fraction of sp³-hybridized carbons (Fsp3) is 0.467. The Morgan fingerprint density at radius 2 is 1.95 bits per heavy atom. The Labute approximate surface area is 235 Å². The Morgan fingerprint density at radius 1 is 1.15 bits per heavy atom. The molecule has 3 aromatic rings. The number of rotatable bonds is 8. The van der Waals surface area contributed by atoms with Crippen LogP contribution in [0.15, 0.2) is 42.7 Å². The van der Waals surface area contributed by atoms with Gasteiger partial charge in [0.05, 0.1) is 30.9 Å². The number of hydrogen-bond acceptors (Lipinski definition) is 8. The summed E-state index contributed by atoms with van der Waals surface area (Å²) in [6.45, 7) is 6.43. The second-order valence-electron chi connectivity index (χ2n) is 10.4. The van der Waals surface area contributed by atoms with Gasteiger partial charge in [-0.15, -0.1) is 0 Å². The van der Waals surface area contributed by atoms with Crippen LogP contribution in [0.25, 0.3) is 10.9 Å². The van der Waals surface area contributed by atoms with Crippen molar-refractivity contribution >= 4 is 28.4 Å². The number of piperidine rings is 1. The second-order valence-corrected chi connectivity index (χ2v) is 10.4. The van der Waals surface area contributed by atoms with Crippen LogP contribution in [0.1, 0.15) is 38.2 Å². The number of anilines is 2. The minimum absolute atomic E-state index is 0.158. The highest BCUT2D eigenvalue weighted by Crippen LogP contribution is 2.35. The number of hydrogen-bond donors (Lipinski definition) is 2. The highest BCUT2D eigenvalue weighted by atomic mass is 16.5. The molecule has 2 N–H and O–H groups in total. The van der Waals surface area contributed by atoms with Crippen molar-refractivity contribution in [3.63, 3.8) is 0 Å². The largest absolute Gasteiger partial charge is 0.493 e. The molecule has 0 spiro atoms. The number of amides is 2. The van der Waals surface area contributed by atoms with Crippen molar-refractivity contribution in [3.05, 3.63) is 48.3 Å². The van der Waals surface area contributed by atoms with Crippen molar-refractivity contribution in [1.82, 2.24) is 20.2 Å². The molecule has 10 heteroatoms. The van der Waals surface area contributed by atoms with Gasteiger partial charge >= 0.3 is 6.03 Å². The smallest absolute Gasteiger partial charge is 0.321 e. The summed E-state index contributed by atoms with van der Waals surface area (Å²) < 4.78 is 11.9. The van der Waals surface area contributed by atoms with Crippen molar-refractivity contribution in [3.8, 4) is 17.6 Å². The Balaban J connectivity index is 1.20. The van der Waals surface area contributed by atoms with E-state index in [9.17, 15) is 4.79 Å². The summed E-state index contributed by atoms with van der Waals surface area (Å²) in [5.74, 6) is 2.88. The van der Waals surface area contributed by atoms with E-state index in [0.717, 1.165) is 36.1 Å². The van der Waals surface area contributed by atoms with Gasteiger partial charge in [-0.05, 0) is 75.4 Å². The van der Waals surface area contributed by atoms with Crippen LogP contribution >= 0.6 is 0 Å². The first kappa shape index (κ1) is 27.5. The molecule has 40 heavy (non-hydrogen) atoms. The minimum atomic E-state index is -0.158. The van der Waals surface area contributed by atoms with Crippen molar-refractivity contribution in [1.29, 1.82) is 5.26 Å². The lowest BCUT2D eigenvalue weighted by atomic mass is 9.88. The molecule has 2 aliphatic rings. The topological polar surface area (TPSA) is 116 Å². The number of urea groups is 1. The van der Waals surface area contributed by atoms with Crippen molar-refractivity contribution < 1.29 is 14.3 Å². The van der Waals surface area contributed by atoms with Gasteiger partial charge in [0.2, 0.25) is 0 Å². The standard InChI is InChI=1S/C30H37N7O3/c1-21-23(5-3-11-32-21)6-4-16-40-28-18-26-25(17-27(28)39-2)29(34-20-33-26)36-12-14-37(15-13-36)30(38)35-24-9-7-22(19-31)8-10-24/h7-10,17-18,20-21,23,32H,3-6,11-16H2,1-2H3,(H,35,38). The molecule has 0 radical (unpaired) electrons. The number of carbonyl (C=O) groups is 1. The van der Waals surface area contributed by atoms with Crippen LogP contribution in [0.2, 0.25) is 0 Å². The SMILES string of the molecule is COc1cc2c(N3CCN(C(=O)Nc4ccc(C#N)cc4)CC3)ncnc2cc1OCCCC1CCCNC1C. The predicted octanol–water partition coefficient (Wildman–Crippen LogP) is 4.41. The molecule has 10 nitrogen and oxygen atoms in total. The zero-order valence-electron chi connectivity index (χ0n) is 23.2. The Kier molecular flexibility index (Phi) is 8.81. The number of piperazine rings is 1. The maximum atomic E-state index is 12.8. The first-order valence-corrected chi connectivity index (χ1v) is 14.1. The summed E-state index contributed by atoms with van der Waals surface area (Å²) in [5.41, 5.74) is 2.02. The van der Waals surface area contributed by atoms with E-state index in [1.54, 1.807) is 42.6 Å². The number of ether oxygens (including phenoxy) is 2. The van der Waals surface area contributed by atoms with Gasteiger partial charge in [0.15, 0.2) is 11.5 Å². The van der Waals surface area contributed by atoms with Gasteiger partial charge in [0.25, 0.3) is 0 Å². The molecule has 0 bridgehead atoms. The van der Waals surface area contributed by atoms with Crippen LogP contribution in [0, 0.1) is 17.2 Å². The van der Waals surface area contributed by atoms with E-state index >= 15 is 0 Å². The first-order valence-electron chi connectivity index (χ1n) is 14.1. The molecular weight excluding hydrogens is 506 g/mol. The molecule has 2 saturated heterocycles. The fourth-order valence-electron chi connectivity index (χ4n) is 5.56. The van der Waals surface area contributed by atoms with Gasteiger partial charge in [-0.3, -0.25) is 0 Å². The Hall–Kier alpha value is -4.10. The molecule has 5 rings (SSSR count). The number of fused-ring (bicyclic) bond motifs is 1. The van der Waals surface area contributed by atoms with Crippen molar-refractivity contribution in [2.24, 2.45) is 5.92 Å². The number of benzene rings is 2. The lowest BCUT2D eigenvalue weighted by Crippen LogP contribution is -2.50. The van der Waals surface area contributed by atoms with Gasteiger partial charge in [-0.1, -0.05) is 0 Å². The van der Waals surface area contributed by atoms with Crippen LogP contribution in [-0.4, -0.2) is 73.4 Å². The van der Waals surface area contributed by atoms with Crippen LogP contribution in [0.5, 0.6) is 11.5 Å². The third-order valence-corrected chi connectivity index (χ3v) is 7.93. The van der Waals surface area contributed by atoms with Gasteiger partial charge in [0.1, 0.15) is 12.1 Å². The number of nitrogens with zero attached hydrogens (tertiary/aromatic N) is 5. The minimum Gasteiger partial charge on any atom is -0.493 e. The highest BCUT2D eigenvalue weighted by molar-refractivity contribution is 5.92. The molecule has 210 valence electrons. The maximum absolute atomic E-state index is 12.8. The number of nitriles is 1. The number of aromatic nitrogens is 2. The van der Waals surface area contributed by atoms with Crippen LogP contribution in [-0.2, 0) is 0 Å². The van der Waals surface area contributed by atoms with Gasteiger partial charge in [-0.2, -0.15) is 5.26 Å². The molecule has 2 aromatic carbocycles. The van der Waals surface area contributed by atoms with Gasteiger partial charge in [-0.25, -0.2) is 14.8 Å². The summed E-state index contributed by atoms with van der Waals surface area (Å²) in [4.78, 5) is 25.8. The van der Waals surface area contributed by atoms with Crippen molar-refractivity contribution in [2.45, 2.75) is 38.6 Å².